The summed E-state index contributed by atoms with van der Waals surface area (Å²) in [5.74, 6) is 0. The SMILES string of the molecule is Cl.c1ccc(-c2ncc(CN3CCNCC3c3cccnc3)s2)nc1. The Morgan fingerprint density at radius 2 is 2.08 bits per heavy atom. The third-order valence-corrected chi connectivity index (χ3v) is 5.22. The summed E-state index contributed by atoms with van der Waals surface area (Å²) < 4.78 is 0. The summed E-state index contributed by atoms with van der Waals surface area (Å²) in [6.45, 7) is 3.91. The normalized spacial score (nSPS) is 17.8. The molecular weight excluding hydrogens is 354 g/mol. The van der Waals surface area contributed by atoms with Crippen LogP contribution in [0.15, 0.2) is 55.1 Å². The molecule has 0 radical (unpaired) electrons. The summed E-state index contributed by atoms with van der Waals surface area (Å²) in [5, 5.41) is 4.47. The van der Waals surface area contributed by atoms with Crippen molar-refractivity contribution in [3.63, 3.8) is 0 Å². The summed E-state index contributed by atoms with van der Waals surface area (Å²) >= 11 is 1.73. The van der Waals surface area contributed by atoms with Gasteiger partial charge in [0.05, 0.1) is 5.69 Å². The number of halogens is 1. The second-order valence-corrected chi connectivity index (χ2v) is 6.94. The number of piperazine rings is 1. The average Bonchev–Trinajstić information content (AvgIpc) is 3.12. The van der Waals surface area contributed by atoms with Crippen molar-refractivity contribution in [2.45, 2.75) is 12.6 Å². The van der Waals surface area contributed by atoms with Crippen LogP contribution in [0.3, 0.4) is 0 Å². The van der Waals surface area contributed by atoms with Gasteiger partial charge < -0.3 is 5.32 Å². The lowest BCUT2D eigenvalue weighted by atomic mass is 10.1. The quantitative estimate of drug-likeness (QED) is 0.761. The lowest BCUT2D eigenvalue weighted by molar-refractivity contribution is 0.155. The van der Waals surface area contributed by atoms with E-state index in [4.69, 9.17) is 0 Å². The highest BCUT2D eigenvalue weighted by atomic mass is 35.5. The summed E-state index contributed by atoms with van der Waals surface area (Å²) in [5.41, 5.74) is 2.21. The molecular formula is C18H20ClN5S. The molecule has 0 saturated carbocycles. The third kappa shape index (κ3) is 4.22. The van der Waals surface area contributed by atoms with Crippen LogP contribution in [-0.2, 0) is 6.54 Å². The molecule has 1 saturated heterocycles. The van der Waals surface area contributed by atoms with E-state index in [0.29, 0.717) is 6.04 Å². The number of hydrogen-bond acceptors (Lipinski definition) is 6. The Kier molecular flexibility index (Phi) is 6.09. The molecule has 3 aromatic heterocycles. The summed E-state index contributed by atoms with van der Waals surface area (Å²) in [7, 11) is 0. The largest absolute Gasteiger partial charge is 0.314 e. The average molecular weight is 374 g/mol. The molecule has 1 N–H and O–H groups in total. The van der Waals surface area contributed by atoms with Gasteiger partial charge in [-0.05, 0) is 23.8 Å². The fourth-order valence-electron chi connectivity index (χ4n) is 3.03. The Bertz CT molecular complexity index is 780. The van der Waals surface area contributed by atoms with E-state index in [9.17, 15) is 0 Å². The van der Waals surface area contributed by atoms with Gasteiger partial charge >= 0.3 is 0 Å². The highest BCUT2D eigenvalue weighted by Gasteiger charge is 2.24. The second kappa shape index (κ2) is 8.49. The Balaban J connectivity index is 0.00000182. The van der Waals surface area contributed by atoms with Crippen LogP contribution >= 0.6 is 23.7 Å². The van der Waals surface area contributed by atoms with Crippen molar-refractivity contribution in [1.29, 1.82) is 0 Å². The van der Waals surface area contributed by atoms with Crippen molar-refractivity contribution < 1.29 is 0 Å². The van der Waals surface area contributed by atoms with E-state index >= 15 is 0 Å². The Morgan fingerprint density at radius 1 is 1.12 bits per heavy atom. The fraction of sp³-hybridized carbons (Fsp3) is 0.278. The fourth-order valence-corrected chi connectivity index (χ4v) is 3.94. The summed E-state index contributed by atoms with van der Waals surface area (Å²) in [6, 6.07) is 10.5. The molecule has 1 unspecified atom stereocenters. The van der Waals surface area contributed by atoms with Crippen LogP contribution in [0, 0.1) is 0 Å². The molecule has 0 amide bonds. The predicted molar refractivity (Wildman–Crippen MR) is 103 cm³/mol. The van der Waals surface area contributed by atoms with Crippen LogP contribution in [0.1, 0.15) is 16.5 Å². The van der Waals surface area contributed by atoms with Crippen molar-refractivity contribution in [2.75, 3.05) is 19.6 Å². The van der Waals surface area contributed by atoms with Gasteiger partial charge in [-0.3, -0.25) is 14.9 Å². The van der Waals surface area contributed by atoms with Gasteiger partial charge in [0.15, 0.2) is 0 Å². The van der Waals surface area contributed by atoms with Crippen LogP contribution in [0.4, 0.5) is 0 Å². The maximum atomic E-state index is 4.55. The van der Waals surface area contributed by atoms with Crippen molar-refractivity contribution in [1.82, 2.24) is 25.2 Å². The molecule has 7 heteroatoms. The summed E-state index contributed by atoms with van der Waals surface area (Å²) in [4.78, 5) is 17.0. The number of nitrogens with zero attached hydrogens (tertiary/aromatic N) is 4. The molecule has 0 aromatic carbocycles. The maximum Gasteiger partial charge on any atom is 0.142 e. The van der Waals surface area contributed by atoms with Gasteiger partial charge in [-0.1, -0.05) is 12.1 Å². The number of hydrogen-bond donors (Lipinski definition) is 1. The van der Waals surface area contributed by atoms with E-state index in [1.807, 2.05) is 49.1 Å². The first-order valence-corrected chi connectivity index (χ1v) is 8.92. The van der Waals surface area contributed by atoms with Crippen LogP contribution in [0.25, 0.3) is 10.7 Å². The van der Waals surface area contributed by atoms with E-state index in [1.54, 1.807) is 11.3 Å². The van der Waals surface area contributed by atoms with Gasteiger partial charge in [-0.2, -0.15) is 0 Å². The smallest absolute Gasteiger partial charge is 0.142 e. The molecule has 0 spiro atoms. The maximum absolute atomic E-state index is 4.55. The highest BCUT2D eigenvalue weighted by Crippen LogP contribution is 2.28. The zero-order valence-corrected chi connectivity index (χ0v) is 15.3. The van der Waals surface area contributed by atoms with Crippen LogP contribution < -0.4 is 5.32 Å². The molecule has 1 atom stereocenters. The van der Waals surface area contributed by atoms with Gasteiger partial charge in [0.2, 0.25) is 0 Å². The Morgan fingerprint density at radius 3 is 2.88 bits per heavy atom. The van der Waals surface area contributed by atoms with Crippen molar-refractivity contribution in [2.24, 2.45) is 0 Å². The number of rotatable bonds is 4. The van der Waals surface area contributed by atoms with Gasteiger partial charge in [0, 0.05) is 61.9 Å². The van der Waals surface area contributed by atoms with Crippen LogP contribution in [-0.4, -0.2) is 39.5 Å². The van der Waals surface area contributed by atoms with Gasteiger partial charge in [-0.25, -0.2) is 4.98 Å². The number of aromatic nitrogens is 3. The topological polar surface area (TPSA) is 53.9 Å². The lowest BCUT2D eigenvalue weighted by Crippen LogP contribution is -2.45. The number of thiazole rings is 1. The van der Waals surface area contributed by atoms with Crippen molar-refractivity contribution in [3.8, 4) is 10.7 Å². The van der Waals surface area contributed by atoms with Crippen LogP contribution in [0.5, 0.6) is 0 Å². The van der Waals surface area contributed by atoms with Gasteiger partial charge in [0.1, 0.15) is 5.01 Å². The van der Waals surface area contributed by atoms with E-state index in [0.717, 1.165) is 36.9 Å². The number of nitrogens with one attached hydrogen (secondary N) is 1. The van der Waals surface area contributed by atoms with E-state index < -0.39 is 0 Å². The minimum Gasteiger partial charge on any atom is -0.314 e. The first-order chi connectivity index (χ1) is 11.9. The minimum atomic E-state index is 0. The molecule has 0 aliphatic carbocycles. The Labute approximate surface area is 157 Å². The lowest BCUT2D eigenvalue weighted by Gasteiger charge is -2.35. The first kappa shape index (κ1) is 17.9. The third-order valence-electron chi connectivity index (χ3n) is 4.22. The standard InChI is InChI=1S/C18H19N5S.ClH/c1-2-7-21-16(5-1)18-22-11-15(24-18)13-23-9-8-20-12-17(23)14-4-3-6-19-10-14;/h1-7,10-11,17,20H,8-9,12-13H2;1H. The van der Waals surface area contributed by atoms with Crippen molar-refractivity contribution in [3.05, 3.63) is 65.6 Å². The van der Waals surface area contributed by atoms with E-state index in [2.05, 4.69) is 31.2 Å². The molecule has 130 valence electrons. The summed E-state index contributed by atoms with van der Waals surface area (Å²) in [6.07, 6.45) is 7.59. The van der Waals surface area contributed by atoms with Crippen molar-refractivity contribution >= 4 is 23.7 Å². The molecule has 4 heterocycles. The monoisotopic (exact) mass is 373 g/mol. The second-order valence-electron chi connectivity index (χ2n) is 5.82. The van der Waals surface area contributed by atoms with Gasteiger partial charge in [0.25, 0.3) is 0 Å². The molecule has 0 bridgehead atoms. The zero-order chi connectivity index (χ0) is 16.2. The van der Waals surface area contributed by atoms with Gasteiger partial charge in [-0.15, -0.1) is 23.7 Å². The Hall–Kier alpha value is -1.86. The molecule has 3 aromatic rings. The first-order valence-electron chi connectivity index (χ1n) is 8.11. The molecule has 4 rings (SSSR count). The van der Waals surface area contributed by atoms with Crippen LogP contribution in [0.2, 0.25) is 0 Å². The zero-order valence-electron chi connectivity index (χ0n) is 13.7. The molecule has 5 nitrogen and oxygen atoms in total. The molecule has 25 heavy (non-hydrogen) atoms. The predicted octanol–water partition coefficient (Wildman–Crippen LogP) is 3.17. The van der Waals surface area contributed by atoms with E-state index in [-0.39, 0.29) is 12.4 Å². The highest BCUT2D eigenvalue weighted by molar-refractivity contribution is 7.14. The minimum absolute atomic E-state index is 0. The number of pyridine rings is 2. The molecule has 1 aliphatic rings. The molecule has 1 fully saturated rings. The molecule has 1 aliphatic heterocycles. The van der Waals surface area contributed by atoms with E-state index in [1.165, 1.54) is 10.4 Å².